The van der Waals surface area contributed by atoms with Crippen LogP contribution in [0.5, 0.6) is 0 Å². The zero-order valence-electron chi connectivity index (χ0n) is 7.28. The number of hydrogen-bond donors (Lipinski definition) is 1. The molecule has 0 aliphatic carbocycles. The maximum Gasteiger partial charge on any atom is 0.340 e. The van der Waals surface area contributed by atoms with Gasteiger partial charge in [-0.15, -0.1) is 0 Å². The maximum absolute atomic E-state index is 11.2. The fraction of sp³-hybridized carbons (Fsp3) is 0.333. The highest BCUT2D eigenvalue weighted by atomic mass is 16.5. The molecule has 1 aromatic heterocycles. The normalized spacial score (nSPS) is 20.7. The largest absolute Gasteiger partial charge is 0.461 e. The number of rotatable bonds is 0. The fourth-order valence-corrected chi connectivity index (χ4v) is 1.40. The number of nitrogen functional groups attached to an aromatic ring is 1. The lowest BCUT2D eigenvalue weighted by Crippen LogP contribution is -2.22. The number of hydrogen-bond acceptors (Lipinski definition) is 4. The molecule has 4 heteroatoms. The topological polar surface area (TPSA) is 65.2 Å². The number of nitrogens with zero attached hydrogens (tertiary/aromatic N) is 1. The van der Waals surface area contributed by atoms with Crippen LogP contribution >= 0.6 is 0 Å². The molecule has 1 atom stereocenters. The number of anilines is 1. The average Bonchev–Trinajstić information content (AvgIpc) is 2.12. The summed E-state index contributed by atoms with van der Waals surface area (Å²) in [5, 5.41) is 0. The van der Waals surface area contributed by atoms with E-state index in [0.29, 0.717) is 18.0 Å². The van der Waals surface area contributed by atoms with Gasteiger partial charge < -0.3 is 10.5 Å². The molecule has 0 unspecified atom stereocenters. The van der Waals surface area contributed by atoms with E-state index in [1.165, 1.54) is 0 Å². The molecule has 0 bridgehead atoms. The summed E-state index contributed by atoms with van der Waals surface area (Å²) in [5.74, 6) is 0.275. The van der Waals surface area contributed by atoms with E-state index in [1.807, 2.05) is 6.92 Å². The molecule has 0 amide bonds. The minimum Gasteiger partial charge on any atom is -0.461 e. The first kappa shape index (κ1) is 8.04. The highest BCUT2D eigenvalue weighted by Crippen LogP contribution is 2.24. The van der Waals surface area contributed by atoms with Crippen molar-refractivity contribution in [1.29, 1.82) is 0 Å². The van der Waals surface area contributed by atoms with Gasteiger partial charge in [0.15, 0.2) is 0 Å². The molecule has 1 aliphatic heterocycles. The van der Waals surface area contributed by atoms with E-state index in [0.717, 1.165) is 5.69 Å². The number of pyridine rings is 1. The Labute approximate surface area is 75.7 Å². The third-order valence-corrected chi connectivity index (χ3v) is 2.10. The van der Waals surface area contributed by atoms with Crippen molar-refractivity contribution in [3.05, 3.63) is 23.4 Å². The first-order valence-electron chi connectivity index (χ1n) is 4.12. The van der Waals surface area contributed by atoms with Gasteiger partial charge in [-0.05, 0) is 12.1 Å². The van der Waals surface area contributed by atoms with E-state index in [9.17, 15) is 4.79 Å². The van der Waals surface area contributed by atoms with Crippen LogP contribution in [0.2, 0.25) is 0 Å². The summed E-state index contributed by atoms with van der Waals surface area (Å²) < 4.78 is 4.94. The van der Waals surface area contributed by atoms with E-state index in [2.05, 4.69) is 4.98 Å². The second kappa shape index (κ2) is 2.73. The van der Waals surface area contributed by atoms with Gasteiger partial charge in [0.2, 0.25) is 0 Å². The van der Waals surface area contributed by atoms with Crippen LogP contribution < -0.4 is 5.73 Å². The van der Waals surface area contributed by atoms with Gasteiger partial charge in [-0.1, -0.05) is 6.92 Å². The predicted octanol–water partition coefficient (Wildman–Crippen LogP) is 0.938. The first-order chi connectivity index (χ1) is 6.18. The standard InChI is InChI=1S/C9H10N2O2/c1-5-4-13-9(12)6-2-3-7(10)11-8(5)6/h2-3,5H,4H2,1H3,(H2,10,11)/t5-/m1/s1. The molecule has 2 heterocycles. The Morgan fingerprint density at radius 1 is 1.62 bits per heavy atom. The molecular formula is C9H10N2O2. The highest BCUT2D eigenvalue weighted by molar-refractivity contribution is 5.92. The van der Waals surface area contributed by atoms with Gasteiger partial charge in [0.05, 0.1) is 17.9 Å². The Morgan fingerprint density at radius 2 is 2.38 bits per heavy atom. The summed E-state index contributed by atoms with van der Waals surface area (Å²) in [6.45, 7) is 2.35. The average molecular weight is 178 g/mol. The second-order valence-electron chi connectivity index (χ2n) is 3.17. The lowest BCUT2D eigenvalue weighted by atomic mass is 10.0. The zero-order valence-corrected chi connectivity index (χ0v) is 7.28. The Balaban J connectivity index is 2.57. The van der Waals surface area contributed by atoms with Crippen molar-refractivity contribution in [3.63, 3.8) is 0 Å². The molecule has 0 aromatic carbocycles. The molecule has 13 heavy (non-hydrogen) atoms. The van der Waals surface area contributed by atoms with E-state index in [1.54, 1.807) is 12.1 Å². The third-order valence-electron chi connectivity index (χ3n) is 2.10. The van der Waals surface area contributed by atoms with Gasteiger partial charge in [-0.3, -0.25) is 0 Å². The lowest BCUT2D eigenvalue weighted by molar-refractivity contribution is 0.0445. The van der Waals surface area contributed by atoms with E-state index >= 15 is 0 Å². The minimum absolute atomic E-state index is 0.135. The number of ether oxygens (including phenoxy) is 1. The number of carbonyl (C=O) groups excluding carboxylic acids is 1. The van der Waals surface area contributed by atoms with Gasteiger partial charge in [0, 0.05) is 5.92 Å². The number of fused-ring (bicyclic) bond motifs is 1. The number of cyclic esters (lactones) is 1. The fourth-order valence-electron chi connectivity index (χ4n) is 1.40. The maximum atomic E-state index is 11.2. The molecule has 1 aromatic rings. The van der Waals surface area contributed by atoms with Crippen LogP contribution in [0, 0.1) is 0 Å². The van der Waals surface area contributed by atoms with Crippen LogP contribution in [0.3, 0.4) is 0 Å². The number of esters is 1. The Hall–Kier alpha value is -1.58. The van der Waals surface area contributed by atoms with Crippen molar-refractivity contribution in [2.75, 3.05) is 12.3 Å². The molecule has 0 radical (unpaired) electrons. The second-order valence-corrected chi connectivity index (χ2v) is 3.17. The Bertz CT molecular complexity index is 363. The van der Waals surface area contributed by atoms with Crippen molar-refractivity contribution >= 4 is 11.8 Å². The predicted molar refractivity (Wildman–Crippen MR) is 47.3 cm³/mol. The van der Waals surface area contributed by atoms with Crippen molar-refractivity contribution < 1.29 is 9.53 Å². The van der Waals surface area contributed by atoms with Crippen LogP contribution in [-0.2, 0) is 4.74 Å². The SMILES string of the molecule is C[C@@H]1COC(=O)c2ccc(N)nc21. The summed E-state index contributed by atoms with van der Waals surface area (Å²) in [6.07, 6.45) is 0. The summed E-state index contributed by atoms with van der Waals surface area (Å²) in [5.41, 5.74) is 6.81. The molecule has 2 N–H and O–H groups in total. The smallest absolute Gasteiger partial charge is 0.340 e. The van der Waals surface area contributed by atoms with Crippen LogP contribution in [0.1, 0.15) is 28.9 Å². The molecule has 0 spiro atoms. The molecule has 2 rings (SSSR count). The van der Waals surface area contributed by atoms with Gasteiger partial charge in [0.25, 0.3) is 0 Å². The Kier molecular flexibility index (Phi) is 1.69. The monoisotopic (exact) mass is 178 g/mol. The first-order valence-corrected chi connectivity index (χ1v) is 4.12. The summed E-state index contributed by atoms with van der Waals surface area (Å²) in [6, 6.07) is 3.27. The molecular weight excluding hydrogens is 168 g/mol. The van der Waals surface area contributed by atoms with Gasteiger partial charge >= 0.3 is 5.97 Å². The van der Waals surface area contributed by atoms with Gasteiger partial charge in [-0.2, -0.15) is 0 Å². The summed E-state index contributed by atoms with van der Waals surface area (Å²) >= 11 is 0. The number of aromatic nitrogens is 1. The van der Waals surface area contributed by atoms with E-state index in [4.69, 9.17) is 10.5 Å². The van der Waals surface area contributed by atoms with Crippen molar-refractivity contribution in [2.24, 2.45) is 0 Å². The number of nitrogens with two attached hydrogens (primary N) is 1. The van der Waals surface area contributed by atoms with Crippen molar-refractivity contribution in [2.45, 2.75) is 12.8 Å². The molecule has 0 saturated carbocycles. The lowest BCUT2D eigenvalue weighted by Gasteiger charge is -2.20. The van der Waals surface area contributed by atoms with Crippen LogP contribution in [0.15, 0.2) is 12.1 Å². The number of carbonyl (C=O) groups is 1. The quantitative estimate of drug-likeness (QED) is 0.600. The molecule has 0 fully saturated rings. The molecule has 68 valence electrons. The molecule has 0 saturated heterocycles. The van der Waals surface area contributed by atoms with E-state index < -0.39 is 0 Å². The highest BCUT2D eigenvalue weighted by Gasteiger charge is 2.25. The van der Waals surface area contributed by atoms with Crippen molar-refractivity contribution in [3.8, 4) is 0 Å². The summed E-state index contributed by atoms with van der Waals surface area (Å²) in [7, 11) is 0. The van der Waals surface area contributed by atoms with Crippen LogP contribution in [0.25, 0.3) is 0 Å². The molecule has 4 nitrogen and oxygen atoms in total. The van der Waals surface area contributed by atoms with Gasteiger partial charge in [-0.25, -0.2) is 9.78 Å². The minimum atomic E-state index is -0.305. The zero-order chi connectivity index (χ0) is 9.42. The van der Waals surface area contributed by atoms with E-state index in [-0.39, 0.29) is 11.9 Å². The summed E-state index contributed by atoms with van der Waals surface area (Å²) in [4.78, 5) is 15.4. The van der Waals surface area contributed by atoms with Crippen molar-refractivity contribution in [1.82, 2.24) is 4.98 Å². The Morgan fingerprint density at radius 3 is 3.15 bits per heavy atom. The van der Waals surface area contributed by atoms with Crippen LogP contribution in [0.4, 0.5) is 5.82 Å². The van der Waals surface area contributed by atoms with Gasteiger partial charge in [0.1, 0.15) is 5.82 Å². The molecule has 1 aliphatic rings. The van der Waals surface area contributed by atoms with Crippen LogP contribution in [-0.4, -0.2) is 17.6 Å². The third kappa shape index (κ3) is 1.24.